The number of imidazole rings is 2. The smallest absolute Gasteiger partial charge is 0.292 e. The van der Waals surface area contributed by atoms with Crippen LogP contribution in [0.4, 0.5) is 73.9 Å². The first-order valence-corrected chi connectivity index (χ1v) is 46.2. The SMILES string of the molecule is C#CCOc1ccc(-c2nc3ccc(N4CCN(C)CC4)cc3[nH]2)cc1.C#CCOc1ccc(OC)cc1.CC.CN1CCN(c2ccc(N)c(N)c2)CC1.CN1CCN(c2ccc(N)c(N)c2)CC1.CN1CCN(c2ccc([N+](=O)[O-])c(N)c2)CC1.CN1CCN(c2ccc3nc(-c4ccc(OCCN=[N+]=[N-])cc4)[nH]c3c2)CC1.COc1ccc(OCCN=[N+]=[N-])cc1.Nc1cc(Cl)ccc1[N+](=O)[O-].[CH3-].[Pd]. The molecule has 7 heterocycles. The van der Waals surface area contributed by atoms with Crippen molar-refractivity contribution in [3.8, 4) is 82.0 Å². The van der Waals surface area contributed by atoms with E-state index in [1.807, 2.05) is 135 Å². The molecule has 758 valence electrons. The minimum Gasteiger partial charge on any atom is -0.497 e. The topological polar surface area (TPSA) is 485 Å². The third-order valence-corrected chi connectivity index (χ3v) is 23.1. The van der Waals surface area contributed by atoms with Crippen LogP contribution in [0, 0.1) is 52.3 Å². The number of ether oxygens (including phenoxy) is 6. The van der Waals surface area contributed by atoms with Crippen LogP contribution in [0.2, 0.25) is 5.02 Å². The fourth-order valence-electron chi connectivity index (χ4n) is 14.6. The van der Waals surface area contributed by atoms with Crippen LogP contribution >= 0.6 is 11.6 Å². The molecule has 12 aromatic rings. The van der Waals surface area contributed by atoms with Crippen LogP contribution in [0.1, 0.15) is 13.8 Å². The van der Waals surface area contributed by atoms with Crippen LogP contribution in [-0.4, -0.2) is 274 Å². The second-order valence-corrected chi connectivity index (χ2v) is 33.0. The third-order valence-electron chi connectivity index (χ3n) is 22.9. The summed E-state index contributed by atoms with van der Waals surface area (Å²) < 4.78 is 31.4. The number of aromatic amines is 2. The summed E-state index contributed by atoms with van der Waals surface area (Å²) >= 11 is 5.52. The fraction of sp³-hybridized carbons (Fsp3) is 0.343. The minimum absolute atomic E-state index is 0. The van der Waals surface area contributed by atoms with Gasteiger partial charge in [-0.15, -0.1) is 12.8 Å². The van der Waals surface area contributed by atoms with Gasteiger partial charge in [0.15, 0.2) is 0 Å². The Balaban J connectivity index is 0.000000224. The average molecular weight is 2050 g/mol. The van der Waals surface area contributed by atoms with Gasteiger partial charge in [-0.1, -0.05) is 47.5 Å². The number of hydrogen-bond donors (Lipinski definition) is 8. The second-order valence-electron chi connectivity index (χ2n) is 32.6. The van der Waals surface area contributed by atoms with Crippen molar-refractivity contribution in [2.24, 2.45) is 10.2 Å². The maximum atomic E-state index is 10.7. The van der Waals surface area contributed by atoms with E-state index in [0.29, 0.717) is 60.7 Å². The van der Waals surface area contributed by atoms with Gasteiger partial charge in [-0.2, -0.15) is 0 Å². The number of nitro benzene ring substituents is 2. The molecule has 0 bridgehead atoms. The number of nitrogens with two attached hydrogens (primary N) is 6. The maximum absolute atomic E-state index is 10.7. The zero-order valence-electron chi connectivity index (χ0n) is 82.4. The first kappa shape index (κ1) is 114. The predicted octanol–water partition coefficient (Wildman–Crippen LogP) is 16.2. The van der Waals surface area contributed by atoms with Gasteiger partial charge >= 0.3 is 0 Å². The van der Waals surface area contributed by atoms with Crippen LogP contribution in [0.15, 0.2) is 216 Å². The molecule has 2 aromatic heterocycles. The molecule has 17 rings (SSSR count). The molecule has 5 fully saturated rings. The monoisotopic (exact) mass is 2050 g/mol. The Labute approximate surface area is 850 Å². The van der Waals surface area contributed by atoms with Crippen LogP contribution in [0.5, 0.6) is 34.5 Å². The Bertz CT molecular complexity index is 5970. The van der Waals surface area contributed by atoms with Gasteiger partial charge in [-0.05, 0) is 240 Å². The van der Waals surface area contributed by atoms with E-state index in [2.05, 4.69) is 162 Å². The Morgan fingerprint density at radius 3 is 0.937 bits per heavy atom. The molecule has 0 atom stereocenters. The number of nitrogens with one attached hydrogen (secondary N) is 2. The minimum atomic E-state index is -0.550. The summed E-state index contributed by atoms with van der Waals surface area (Å²) in [5.74, 6) is 11.1. The van der Waals surface area contributed by atoms with Crippen molar-refractivity contribution < 1.29 is 58.7 Å². The van der Waals surface area contributed by atoms with Crippen molar-refractivity contribution in [2.45, 2.75) is 13.8 Å². The van der Waals surface area contributed by atoms with E-state index in [1.54, 1.807) is 38.5 Å². The first-order valence-electron chi connectivity index (χ1n) is 45.8. The van der Waals surface area contributed by atoms with E-state index in [1.165, 1.54) is 47.0 Å². The van der Waals surface area contributed by atoms with E-state index in [-0.39, 0.29) is 57.2 Å². The number of methoxy groups -OCH3 is 2. The quantitative estimate of drug-likeness (QED) is 0.00282. The Kier molecular flexibility index (Phi) is 48.3. The van der Waals surface area contributed by atoms with Gasteiger partial charge in [-0.3, -0.25) is 20.2 Å². The number of halogens is 1. The number of aromatic nitrogens is 4. The van der Waals surface area contributed by atoms with Gasteiger partial charge in [0.25, 0.3) is 11.4 Å². The Hall–Kier alpha value is -15.0. The standard InChI is InChI=1S/C21H22N4O.C20H23N7O.C11H16N4O2.2C11H18N4.C10H10O2.C9H11N3O2.C6H5ClN2O2.C2H6.CH3.Pd/c1-3-14-26-18-7-4-16(5-8-18)21-22-19-9-6-17(15-20(19)23-21)25-12-10-24(2)11-13-25;1-26-9-11-27(12-10-26)16-4-7-18-19(14-16)24-20(23-18)15-2-5-17(6-3-15)28-13-8-22-25-21;1-13-4-6-14(7-5-13)9-2-3-11(15(16)17)10(12)8-9;2*1-14-4-6-15(7-5-14)9-2-3-10(12)11(13)8-9;1-3-8-12-10-6-4-9(11-2)5-7-10;1-13-8-2-4-9(5-3-8)14-7-6-11-12-10;7-4-1-2-6(9(10)11)5(8)3-4;1-2;;/h1,4-9,15H,10-14H2,2H3,(H,22,23);2-7,14H,8-13H2,1H3,(H,23,24);2-3,8H,4-7,12H2,1H3;2*2-3,8H,4-7,12-13H2,1H3;1,4-7H,8H2,2H3;2-5H,6-7H2,1H3;1-3H,8H2;1-2H3;1H3;/q;;;;;;;;;-1;. The summed E-state index contributed by atoms with van der Waals surface area (Å²) in [5, 5.41) is 28.1. The van der Waals surface area contributed by atoms with Gasteiger partial charge in [0.2, 0.25) is 0 Å². The van der Waals surface area contributed by atoms with Gasteiger partial charge in [0.05, 0.1) is 95.2 Å². The summed E-state index contributed by atoms with van der Waals surface area (Å²) in [4.78, 5) is 64.9. The van der Waals surface area contributed by atoms with Crippen LogP contribution in [0.3, 0.4) is 0 Å². The zero-order valence-corrected chi connectivity index (χ0v) is 84.7. The van der Waals surface area contributed by atoms with Crippen molar-refractivity contribution in [1.82, 2.24) is 44.4 Å². The van der Waals surface area contributed by atoms with Gasteiger partial charge in [0.1, 0.15) is 70.7 Å². The molecule has 0 spiro atoms. The summed E-state index contributed by atoms with van der Waals surface area (Å²) in [7, 11) is 13.9. The second kappa shape index (κ2) is 60.1. The van der Waals surface area contributed by atoms with Crippen molar-refractivity contribution in [1.29, 1.82) is 0 Å². The summed E-state index contributed by atoms with van der Waals surface area (Å²) in [6.07, 6.45) is 10.3. The van der Waals surface area contributed by atoms with Gasteiger partial charge < -0.3 is 129 Å². The van der Waals surface area contributed by atoms with E-state index >= 15 is 0 Å². The first-order chi connectivity index (χ1) is 67.7. The van der Waals surface area contributed by atoms with E-state index in [0.717, 1.165) is 216 Å². The number of nitro groups is 2. The normalized spacial score (nSPS) is 14.0. The van der Waals surface area contributed by atoms with Crippen LogP contribution < -0.4 is 87.3 Å². The number of hydrogen-bond acceptors (Lipinski definition) is 30. The van der Waals surface area contributed by atoms with Crippen molar-refractivity contribution in [2.75, 3.05) is 279 Å². The van der Waals surface area contributed by atoms with E-state index < -0.39 is 9.85 Å². The number of likely N-dealkylation sites (N-methyl/N-ethyl adjacent to an activating group) is 5. The number of piperazine rings is 5. The summed E-state index contributed by atoms with van der Waals surface area (Å²) in [6, 6.07) is 63.6. The Morgan fingerprint density at radius 1 is 0.387 bits per heavy atom. The number of rotatable bonds is 23. The molecule has 0 aliphatic carbocycles. The molecule has 14 N–H and O–H groups in total. The molecule has 0 radical (unpaired) electrons. The largest absolute Gasteiger partial charge is 0.497 e. The van der Waals surface area contributed by atoms with E-state index in [9.17, 15) is 20.2 Å². The summed E-state index contributed by atoms with van der Waals surface area (Å²) in [6.45, 7) is 27.0. The number of nitrogens with zero attached hydrogens (tertiary/aromatic N) is 20. The number of benzene rings is 10. The number of fused-ring (bicyclic) bond motifs is 2. The molecule has 5 aliphatic rings. The van der Waals surface area contributed by atoms with Crippen LogP contribution in [0.25, 0.3) is 65.7 Å². The zero-order chi connectivity index (χ0) is 101. The van der Waals surface area contributed by atoms with Crippen molar-refractivity contribution >= 4 is 108 Å². The maximum Gasteiger partial charge on any atom is 0.292 e. The molecule has 40 heteroatoms. The fourth-order valence-corrected chi connectivity index (χ4v) is 14.8. The molecule has 10 aromatic carbocycles. The summed E-state index contributed by atoms with van der Waals surface area (Å²) in [5.41, 5.74) is 64.9. The van der Waals surface area contributed by atoms with Crippen molar-refractivity contribution in [3.05, 3.63) is 260 Å². The number of anilines is 11. The molecular weight excluding hydrogens is 1920 g/mol. The number of nitrogen functional groups attached to an aromatic ring is 6. The molecule has 38 nitrogen and oxygen atoms in total. The number of terminal acetylenes is 2. The average Bonchev–Trinajstić information content (AvgIpc) is 1.67. The number of azide groups is 2. The Morgan fingerprint density at radius 2 is 0.655 bits per heavy atom. The molecule has 0 saturated carbocycles. The van der Waals surface area contributed by atoms with Gasteiger partial charge in [0, 0.05) is 218 Å². The van der Waals surface area contributed by atoms with Crippen LogP contribution in [-0.2, 0) is 20.4 Å². The molecule has 5 saturated heterocycles. The molecule has 5 aliphatic heterocycles. The molecule has 0 unspecified atom stereocenters. The molecular formula is C102H132ClN28O10Pd-. The number of H-pyrrole nitrogens is 2. The molecule has 0 amide bonds. The van der Waals surface area contributed by atoms with E-state index in [4.69, 9.17) is 108 Å². The van der Waals surface area contributed by atoms with Crippen molar-refractivity contribution in [3.63, 3.8) is 0 Å². The third kappa shape index (κ3) is 36.7. The predicted molar refractivity (Wildman–Crippen MR) is 574 cm³/mol. The molecule has 142 heavy (non-hydrogen) atoms. The van der Waals surface area contributed by atoms with Gasteiger partial charge in [-0.25, -0.2) is 9.97 Å².